The molecule has 0 heterocycles. The minimum absolute atomic E-state index is 0.188. The van der Waals surface area contributed by atoms with Crippen molar-refractivity contribution in [2.45, 2.75) is 25.6 Å². The van der Waals surface area contributed by atoms with E-state index in [0.717, 1.165) is 12.1 Å². The zero-order chi connectivity index (χ0) is 21.1. The Labute approximate surface area is 152 Å². The van der Waals surface area contributed by atoms with E-state index < -0.39 is 54.5 Å². The molecule has 0 fully saturated rings. The van der Waals surface area contributed by atoms with Gasteiger partial charge in [-0.3, -0.25) is 0 Å². The molecule has 3 nitrogen and oxygen atoms in total. The van der Waals surface area contributed by atoms with Crippen molar-refractivity contribution in [2.75, 3.05) is 0 Å². The van der Waals surface area contributed by atoms with Gasteiger partial charge in [0, 0.05) is 0 Å². The van der Waals surface area contributed by atoms with Gasteiger partial charge in [-0.2, -0.15) is 26.3 Å². The Morgan fingerprint density at radius 1 is 0.714 bits per heavy atom. The molecule has 0 aliphatic heterocycles. The Bertz CT molecular complexity index is 789. The summed E-state index contributed by atoms with van der Waals surface area (Å²) in [6, 6.07) is 3.88. The van der Waals surface area contributed by atoms with Gasteiger partial charge in [0.2, 0.25) is 0 Å². The van der Waals surface area contributed by atoms with Crippen LogP contribution in [0.15, 0.2) is 36.4 Å². The second-order valence-corrected chi connectivity index (χ2v) is 5.45. The minimum atomic E-state index is -4.95. The molecule has 0 aliphatic rings. The summed E-state index contributed by atoms with van der Waals surface area (Å²) in [6.07, 6.45) is -11.3. The van der Waals surface area contributed by atoms with Crippen molar-refractivity contribution in [3.05, 3.63) is 70.3 Å². The number of hydrogen-bond donors (Lipinski definition) is 0. The molecule has 0 radical (unpaired) electrons. The largest absolute Gasteiger partial charge is 0.508 e. The Kier molecular flexibility index (Phi) is 6.15. The highest BCUT2D eigenvalue weighted by Crippen LogP contribution is 2.33. The van der Waals surface area contributed by atoms with Crippen molar-refractivity contribution in [1.82, 2.24) is 0 Å². The normalized spacial score (nSPS) is 12.0. The van der Waals surface area contributed by atoms with Gasteiger partial charge in [0.25, 0.3) is 0 Å². The third kappa shape index (κ3) is 5.57. The number of carbonyl (C=O) groups excluding carboxylic acids is 1. The summed E-state index contributed by atoms with van der Waals surface area (Å²) in [5.41, 5.74) is -3.47. The molecule has 0 saturated carbocycles. The summed E-state index contributed by atoms with van der Waals surface area (Å²) in [4.78, 5) is 11.5. The van der Waals surface area contributed by atoms with Crippen molar-refractivity contribution >= 4 is 6.16 Å². The van der Waals surface area contributed by atoms with Crippen LogP contribution in [0.2, 0.25) is 0 Å². The SMILES string of the molecule is O=C(OCc1ccc(F)c(C(F)(F)F)c1)OCc1ccc(F)c(C(F)(F)F)c1. The molecule has 0 bridgehead atoms. The van der Waals surface area contributed by atoms with E-state index in [1.165, 1.54) is 0 Å². The Morgan fingerprint density at radius 3 is 1.39 bits per heavy atom. The number of hydrogen-bond acceptors (Lipinski definition) is 3. The van der Waals surface area contributed by atoms with E-state index in [-0.39, 0.29) is 11.1 Å². The molecule has 0 N–H and O–H groups in total. The zero-order valence-corrected chi connectivity index (χ0v) is 13.6. The smallest absolute Gasteiger partial charge is 0.429 e. The number of ether oxygens (including phenoxy) is 2. The van der Waals surface area contributed by atoms with Gasteiger partial charge in [0.05, 0.1) is 11.1 Å². The number of rotatable bonds is 4. The molecule has 2 aromatic carbocycles. The van der Waals surface area contributed by atoms with Crippen LogP contribution in [0, 0.1) is 11.6 Å². The Hall–Kier alpha value is -2.85. The van der Waals surface area contributed by atoms with Crippen LogP contribution in [0.5, 0.6) is 0 Å². The van der Waals surface area contributed by atoms with Crippen molar-refractivity contribution in [3.8, 4) is 0 Å². The van der Waals surface area contributed by atoms with Crippen LogP contribution >= 0.6 is 0 Å². The van der Waals surface area contributed by atoms with Crippen LogP contribution < -0.4 is 0 Å². The van der Waals surface area contributed by atoms with Crippen LogP contribution in [-0.4, -0.2) is 6.16 Å². The highest BCUT2D eigenvalue weighted by Gasteiger charge is 2.35. The first kappa shape index (κ1) is 21.5. The van der Waals surface area contributed by atoms with Gasteiger partial charge in [-0.15, -0.1) is 0 Å². The predicted octanol–water partition coefficient (Wildman–Crippen LogP) is 5.86. The molecule has 0 unspecified atom stereocenters. The molecule has 0 saturated heterocycles. The van der Waals surface area contributed by atoms with Crippen molar-refractivity contribution < 1.29 is 49.4 Å². The molecule has 2 aromatic rings. The fourth-order valence-corrected chi connectivity index (χ4v) is 2.09. The van der Waals surface area contributed by atoms with E-state index in [2.05, 4.69) is 9.47 Å². The first-order valence-corrected chi connectivity index (χ1v) is 7.38. The third-order valence-electron chi connectivity index (χ3n) is 3.39. The lowest BCUT2D eigenvalue weighted by Gasteiger charge is -2.11. The predicted molar refractivity (Wildman–Crippen MR) is 77.8 cm³/mol. The number of carbonyl (C=O) groups is 1. The van der Waals surface area contributed by atoms with Crippen LogP contribution in [0.1, 0.15) is 22.3 Å². The molecular weight excluding hydrogens is 404 g/mol. The second-order valence-electron chi connectivity index (χ2n) is 5.45. The van der Waals surface area contributed by atoms with Gasteiger partial charge >= 0.3 is 18.5 Å². The summed E-state index contributed by atoms with van der Waals surface area (Å²) in [5.74, 6) is -3.01. The monoisotopic (exact) mass is 414 g/mol. The fourth-order valence-electron chi connectivity index (χ4n) is 2.09. The summed E-state index contributed by atoms with van der Waals surface area (Å²) >= 11 is 0. The van der Waals surface area contributed by atoms with Gasteiger partial charge < -0.3 is 9.47 Å². The van der Waals surface area contributed by atoms with Gasteiger partial charge in [-0.25, -0.2) is 13.6 Å². The summed E-state index contributed by atoms with van der Waals surface area (Å²) in [6.45, 7) is -1.39. The van der Waals surface area contributed by atoms with Crippen molar-refractivity contribution in [1.29, 1.82) is 0 Å². The zero-order valence-electron chi connectivity index (χ0n) is 13.6. The van der Waals surface area contributed by atoms with Crippen LogP contribution in [0.25, 0.3) is 0 Å². The average Bonchev–Trinajstić information content (AvgIpc) is 2.58. The fraction of sp³-hybridized carbons (Fsp3) is 0.235. The third-order valence-corrected chi connectivity index (χ3v) is 3.39. The van der Waals surface area contributed by atoms with Crippen molar-refractivity contribution in [2.24, 2.45) is 0 Å². The van der Waals surface area contributed by atoms with Crippen LogP contribution in [0.4, 0.5) is 39.9 Å². The van der Waals surface area contributed by atoms with E-state index >= 15 is 0 Å². The Balaban J connectivity index is 1.96. The van der Waals surface area contributed by atoms with E-state index in [1.807, 2.05) is 0 Å². The summed E-state index contributed by atoms with van der Waals surface area (Å²) < 4.78 is 111. The van der Waals surface area contributed by atoms with Crippen LogP contribution in [0.3, 0.4) is 0 Å². The molecular formula is C17H10F8O3. The molecule has 152 valence electrons. The molecule has 0 amide bonds. The molecule has 0 aliphatic carbocycles. The van der Waals surface area contributed by atoms with E-state index in [0.29, 0.717) is 24.3 Å². The van der Waals surface area contributed by atoms with E-state index in [4.69, 9.17) is 0 Å². The van der Waals surface area contributed by atoms with Crippen molar-refractivity contribution in [3.63, 3.8) is 0 Å². The van der Waals surface area contributed by atoms with E-state index in [1.54, 1.807) is 0 Å². The highest BCUT2D eigenvalue weighted by molar-refractivity contribution is 5.60. The lowest BCUT2D eigenvalue weighted by atomic mass is 10.1. The van der Waals surface area contributed by atoms with Gasteiger partial charge in [0.15, 0.2) is 0 Å². The molecule has 28 heavy (non-hydrogen) atoms. The average molecular weight is 414 g/mol. The topological polar surface area (TPSA) is 35.5 Å². The van der Waals surface area contributed by atoms with Gasteiger partial charge in [-0.05, 0) is 35.4 Å². The molecule has 2 rings (SSSR count). The maximum atomic E-state index is 13.2. The van der Waals surface area contributed by atoms with Crippen LogP contribution in [-0.2, 0) is 35.0 Å². The first-order chi connectivity index (χ1) is 12.9. The maximum Gasteiger partial charge on any atom is 0.508 e. The Morgan fingerprint density at radius 2 is 1.07 bits per heavy atom. The second kappa shape index (κ2) is 8.03. The van der Waals surface area contributed by atoms with Gasteiger partial charge in [-0.1, -0.05) is 12.1 Å². The highest BCUT2D eigenvalue weighted by atomic mass is 19.4. The first-order valence-electron chi connectivity index (χ1n) is 7.38. The summed E-state index contributed by atoms with van der Waals surface area (Å²) in [5, 5.41) is 0. The van der Waals surface area contributed by atoms with Gasteiger partial charge in [0.1, 0.15) is 24.8 Å². The lowest BCUT2D eigenvalue weighted by molar-refractivity contribution is -0.140. The summed E-state index contributed by atoms with van der Waals surface area (Å²) in [7, 11) is 0. The lowest BCUT2D eigenvalue weighted by Crippen LogP contribution is -2.12. The molecule has 11 heteroatoms. The molecule has 0 spiro atoms. The number of alkyl halides is 6. The molecule has 0 atom stereocenters. The van der Waals surface area contributed by atoms with E-state index in [9.17, 15) is 39.9 Å². The quantitative estimate of drug-likeness (QED) is 0.465. The maximum absolute atomic E-state index is 13.2. The number of benzene rings is 2. The standard InChI is InChI=1S/C17H10F8O3/c18-13-3-1-9(5-11(13)16(20,21)22)7-27-15(26)28-8-10-2-4-14(19)12(6-10)17(23,24)25/h1-6H,7-8H2. The molecule has 0 aromatic heterocycles. The minimum Gasteiger partial charge on any atom is -0.429 e. The number of halogens is 8.